The fourth-order valence-electron chi connectivity index (χ4n) is 3.09. The zero-order chi connectivity index (χ0) is 14.4. The minimum absolute atomic E-state index is 0.606. The Labute approximate surface area is 120 Å². The lowest BCUT2D eigenvalue weighted by atomic mass is 9.89. The first-order valence-corrected chi connectivity index (χ1v) is 8.07. The molecule has 1 N–H and O–H groups in total. The molecule has 1 aliphatic heterocycles. The van der Waals surface area contributed by atoms with E-state index in [1.54, 1.807) is 0 Å². The van der Waals surface area contributed by atoms with Crippen LogP contribution >= 0.6 is 0 Å². The van der Waals surface area contributed by atoms with E-state index >= 15 is 0 Å². The van der Waals surface area contributed by atoms with Crippen LogP contribution < -0.4 is 5.32 Å². The first-order chi connectivity index (χ1) is 8.93. The lowest BCUT2D eigenvalue weighted by molar-refractivity contribution is 0.155. The predicted molar refractivity (Wildman–Crippen MR) is 84.6 cm³/mol. The summed E-state index contributed by atoms with van der Waals surface area (Å²) in [4.78, 5) is 4.87. The zero-order valence-corrected chi connectivity index (χ0v) is 13.9. The Kier molecular flexibility index (Phi) is 7.33. The molecule has 1 heterocycles. The topological polar surface area (TPSA) is 18.5 Å². The van der Waals surface area contributed by atoms with Crippen molar-refractivity contribution in [2.24, 2.45) is 11.8 Å². The zero-order valence-electron chi connectivity index (χ0n) is 13.9. The van der Waals surface area contributed by atoms with E-state index in [0.29, 0.717) is 18.0 Å². The Morgan fingerprint density at radius 2 is 1.74 bits per heavy atom. The van der Waals surface area contributed by atoms with Gasteiger partial charge in [-0.3, -0.25) is 0 Å². The molecule has 0 aromatic heterocycles. The molecule has 0 spiro atoms. The Balaban J connectivity index is 2.41. The minimum atomic E-state index is 0.606. The molecule has 2 atom stereocenters. The van der Waals surface area contributed by atoms with Crippen molar-refractivity contribution < 1.29 is 0 Å². The van der Waals surface area contributed by atoms with Crippen molar-refractivity contribution >= 4 is 0 Å². The van der Waals surface area contributed by atoms with Crippen molar-refractivity contribution in [3.05, 3.63) is 0 Å². The molecule has 0 saturated carbocycles. The molecule has 1 aliphatic rings. The van der Waals surface area contributed by atoms with Gasteiger partial charge in [0.15, 0.2) is 0 Å². The van der Waals surface area contributed by atoms with Crippen molar-refractivity contribution in [3.8, 4) is 0 Å². The number of rotatable bonds is 7. The van der Waals surface area contributed by atoms with Crippen LogP contribution in [0, 0.1) is 11.8 Å². The number of nitrogens with zero attached hydrogens (tertiary/aromatic N) is 2. The van der Waals surface area contributed by atoms with Crippen molar-refractivity contribution in [2.45, 2.75) is 52.6 Å². The quantitative estimate of drug-likeness (QED) is 0.765. The Morgan fingerprint density at radius 3 is 2.16 bits per heavy atom. The standard InChI is InChI=1S/C16H35N3/c1-7-19-10-8-15(9-11-19)14(4)17-16(13(2)3)12-18(5)6/h13-17H,7-12H2,1-6H3. The summed E-state index contributed by atoms with van der Waals surface area (Å²) in [7, 11) is 4.34. The van der Waals surface area contributed by atoms with Gasteiger partial charge in [-0.25, -0.2) is 0 Å². The van der Waals surface area contributed by atoms with Gasteiger partial charge in [0.05, 0.1) is 0 Å². The van der Waals surface area contributed by atoms with Crippen molar-refractivity contribution in [1.29, 1.82) is 0 Å². The Morgan fingerprint density at radius 1 is 1.16 bits per heavy atom. The van der Waals surface area contributed by atoms with Crippen LogP contribution in [0.5, 0.6) is 0 Å². The van der Waals surface area contributed by atoms with Crippen molar-refractivity contribution in [2.75, 3.05) is 40.3 Å². The highest BCUT2D eigenvalue weighted by molar-refractivity contribution is 4.83. The third kappa shape index (κ3) is 5.80. The van der Waals surface area contributed by atoms with Crippen LogP contribution in [0.1, 0.15) is 40.5 Å². The summed E-state index contributed by atoms with van der Waals surface area (Å²) < 4.78 is 0. The van der Waals surface area contributed by atoms with Crippen LogP contribution in [0.15, 0.2) is 0 Å². The van der Waals surface area contributed by atoms with Gasteiger partial charge in [-0.15, -0.1) is 0 Å². The van der Waals surface area contributed by atoms with Gasteiger partial charge in [-0.2, -0.15) is 0 Å². The number of nitrogens with one attached hydrogen (secondary N) is 1. The molecule has 1 saturated heterocycles. The third-order valence-electron chi connectivity index (χ3n) is 4.63. The highest BCUT2D eigenvalue weighted by Crippen LogP contribution is 2.21. The molecular formula is C16H35N3. The van der Waals surface area contributed by atoms with E-state index < -0.39 is 0 Å². The maximum Gasteiger partial charge on any atom is 0.0220 e. The maximum absolute atomic E-state index is 3.89. The Bertz CT molecular complexity index is 232. The molecule has 1 rings (SSSR count). The first kappa shape index (κ1) is 16.9. The lowest BCUT2D eigenvalue weighted by Gasteiger charge is -2.37. The number of hydrogen-bond donors (Lipinski definition) is 1. The van der Waals surface area contributed by atoms with E-state index in [4.69, 9.17) is 0 Å². The molecule has 19 heavy (non-hydrogen) atoms. The first-order valence-electron chi connectivity index (χ1n) is 8.07. The SMILES string of the molecule is CCN1CCC(C(C)NC(CN(C)C)C(C)C)CC1. The van der Waals surface area contributed by atoms with Gasteiger partial charge < -0.3 is 15.1 Å². The van der Waals surface area contributed by atoms with E-state index in [1.165, 1.54) is 32.5 Å². The average molecular weight is 269 g/mol. The second kappa shape index (κ2) is 8.23. The van der Waals surface area contributed by atoms with Crippen LogP contribution in [0.25, 0.3) is 0 Å². The summed E-state index contributed by atoms with van der Waals surface area (Å²) in [6, 6.07) is 1.25. The number of piperidine rings is 1. The van der Waals surface area contributed by atoms with E-state index in [0.717, 1.165) is 12.5 Å². The summed E-state index contributed by atoms with van der Waals surface area (Å²) in [6.45, 7) is 14.2. The average Bonchev–Trinajstić information content (AvgIpc) is 2.37. The van der Waals surface area contributed by atoms with E-state index in [9.17, 15) is 0 Å². The fourth-order valence-corrected chi connectivity index (χ4v) is 3.09. The normalized spacial score (nSPS) is 22.1. The summed E-state index contributed by atoms with van der Waals surface area (Å²) in [5, 5.41) is 3.89. The van der Waals surface area contributed by atoms with Crippen LogP contribution in [-0.2, 0) is 0 Å². The molecule has 0 bridgehead atoms. The number of likely N-dealkylation sites (N-methyl/N-ethyl adjacent to an activating group) is 1. The predicted octanol–water partition coefficient (Wildman–Crippen LogP) is 2.28. The Hall–Kier alpha value is -0.120. The molecule has 114 valence electrons. The summed E-state index contributed by atoms with van der Waals surface area (Å²) >= 11 is 0. The minimum Gasteiger partial charge on any atom is -0.310 e. The largest absolute Gasteiger partial charge is 0.310 e. The number of hydrogen-bond acceptors (Lipinski definition) is 3. The second-order valence-electron chi connectivity index (χ2n) is 6.84. The molecule has 3 nitrogen and oxygen atoms in total. The van der Waals surface area contributed by atoms with Crippen LogP contribution in [-0.4, -0.2) is 62.2 Å². The molecule has 0 amide bonds. The van der Waals surface area contributed by atoms with Gasteiger partial charge >= 0.3 is 0 Å². The molecule has 0 radical (unpaired) electrons. The van der Waals surface area contributed by atoms with Gasteiger partial charge in [-0.1, -0.05) is 20.8 Å². The van der Waals surface area contributed by atoms with Gasteiger partial charge in [0.25, 0.3) is 0 Å². The lowest BCUT2D eigenvalue weighted by Crippen LogP contribution is -2.50. The smallest absolute Gasteiger partial charge is 0.0220 e. The summed E-state index contributed by atoms with van der Waals surface area (Å²) in [5.74, 6) is 1.55. The van der Waals surface area contributed by atoms with E-state index in [-0.39, 0.29) is 0 Å². The number of likely N-dealkylation sites (tertiary alicyclic amines) is 1. The van der Waals surface area contributed by atoms with E-state index in [1.807, 2.05) is 0 Å². The highest BCUT2D eigenvalue weighted by atomic mass is 15.1. The molecule has 0 aliphatic carbocycles. The van der Waals surface area contributed by atoms with Gasteiger partial charge in [-0.05, 0) is 65.3 Å². The molecule has 0 aromatic carbocycles. The van der Waals surface area contributed by atoms with Gasteiger partial charge in [0.2, 0.25) is 0 Å². The van der Waals surface area contributed by atoms with E-state index in [2.05, 4.69) is 56.9 Å². The van der Waals surface area contributed by atoms with Gasteiger partial charge in [0.1, 0.15) is 0 Å². The summed E-state index contributed by atoms with van der Waals surface area (Å²) in [6.07, 6.45) is 2.71. The molecule has 3 heteroatoms. The van der Waals surface area contributed by atoms with Crippen LogP contribution in [0.3, 0.4) is 0 Å². The molecule has 0 aromatic rings. The summed E-state index contributed by atoms with van der Waals surface area (Å²) in [5.41, 5.74) is 0. The molecular weight excluding hydrogens is 234 g/mol. The van der Waals surface area contributed by atoms with Crippen LogP contribution in [0.2, 0.25) is 0 Å². The maximum atomic E-state index is 3.89. The third-order valence-corrected chi connectivity index (χ3v) is 4.63. The molecule has 1 fully saturated rings. The second-order valence-corrected chi connectivity index (χ2v) is 6.84. The van der Waals surface area contributed by atoms with Crippen LogP contribution in [0.4, 0.5) is 0 Å². The van der Waals surface area contributed by atoms with Gasteiger partial charge in [0, 0.05) is 18.6 Å². The monoisotopic (exact) mass is 269 g/mol. The molecule has 2 unspecified atom stereocenters. The highest BCUT2D eigenvalue weighted by Gasteiger charge is 2.25. The fraction of sp³-hybridized carbons (Fsp3) is 1.00. The van der Waals surface area contributed by atoms with Crippen molar-refractivity contribution in [3.63, 3.8) is 0 Å². The van der Waals surface area contributed by atoms with Crippen molar-refractivity contribution in [1.82, 2.24) is 15.1 Å².